The largest absolute Gasteiger partial charge is 0.495 e. The van der Waals surface area contributed by atoms with Crippen molar-refractivity contribution in [3.63, 3.8) is 0 Å². The van der Waals surface area contributed by atoms with E-state index < -0.39 is 23.4 Å². The van der Waals surface area contributed by atoms with Crippen LogP contribution < -0.4 is 15.0 Å². The second-order valence-electron chi connectivity index (χ2n) is 9.44. The van der Waals surface area contributed by atoms with Crippen LogP contribution in [-0.4, -0.2) is 36.8 Å². The van der Waals surface area contributed by atoms with Crippen molar-refractivity contribution in [2.24, 2.45) is 0 Å². The lowest BCUT2D eigenvalue weighted by Crippen LogP contribution is -2.36. The lowest BCUT2D eigenvalue weighted by molar-refractivity contribution is 0.0574. The van der Waals surface area contributed by atoms with Crippen molar-refractivity contribution in [2.75, 3.05) is 17.3 Å². The van der Waals surface area contributed by atoms with Gasteiger partial charge in [0.15, 0.2) is 0 Å². The quantitative estimate of drug-likeness (QED) is 0.553. The van der Waals surface area contributed by atoms with Gasteiger partial charge in [0, 0.05) is 11.3 Å². The molecule has 0 atom stereocenters. The summed E-state index contributed by atoms with van der Waals surface area (Å²) in [4.78, 5) is 37.6. The predicted molar refractivity (Wildman–Crippen MR) is 127 cm³/mol. The van der Waals surface area contributed by atoms with Crippen molar-refractivity contribution in [1.29, 1.82) is 0 Å². The lowest BCUT2D eigenvalue weighted by Gasteiger charge is -2.28. The summed E-state index contributed by atoms with van der Waals surface area (Å²) < 4.78 is 16.3. The summed E-state index contributed by atoms with van der Waals surface area (Å²) in [5.41, 5.74) is 0.940. The first-order chi connectivity index (χ1) is 15.3. The van der Waals surface area contributed by atoms with Gasteiger partial charge in [-0.05, 0) is 77.4 Å². The van der Waals surface area contributed by atoms with E-state index in [9.17, 15) is 14.4 Å². The molecule has 0 aliphatic carbocycles. The number of aldehydes is 1. The van der Waals surface area contributed by atoms with E-state index in [0.717, 1.165) is 5.56 Å². The zero-order valence-corrected chi connectivity index (χ0v) is 20.2. The van der Waals surface area contributed by atoms with Crippen LogP contribution in [0.3, 0.4) is 0 Å². The molecule has 0 heterocycles. The van der Waals surface area contributed by atoms with Crippen LogP contribution in [0.4, 0.5) is 21.0 Å². The summed E-state index contributed by atoms with van der Waals surface area (Å²) in [6, 6.07) is 11.8. The molecule has 0 saturated heterocycles. The summed E-state index contributed by atoms with van der Waals surface area (Å²) in [7, 11) is 1.47. The third kappa shape index (κ3) is 8.14. The van der Waals surface area contributed by atoms with Gasteiger partial charge in [-0.25, -0.2) is 9.59 Å². The highest BCUT2D eigenvalue weighted by Gasteiger charge is 2.26. The smallest absolute Gasteiger partial charge is 0.415 e. The molecule has 0 spiro atoms. The van der Waals surface area contributed by atoms with E-state index in [1.807, 2.05) is 0 Å². The number of ether oxygens (including phenoxy) is 3. The van der Waals surface area contributed by atoms with Gasteiger partial charge in [0.05, 0.1) is 19.3 Å². The minimum absolute atomic E-state index is 0.179. The number of anilines is 2. The highest BCUT2D eigenvalue weighted by molar-refractivity contribution is 5.91. The minimum Gasteiger partial charge on any atom is -0.495 e. The molecule has 1 N–H and O–H groups in total. The first-order valence-electron chi connectivity index (χ1n) is 10.5. The van der Waals surface area contributed by atoms with Gasteiger partial charge in [0.2, 0.25) is 0 Å². The Morgan fingerprint density at radius 2 is 1.55 bits per heavy atom. The lowest BCUT2D eigenvalue weighted by atomic mass is 10.1. The zero-order valence-electron chi connectivity index (χ0n) is 20.2. The second kappa shape index (κ2) is 10.4. The maximum Gasteiger partial charge on any atom is 0.415 e. The van der Waals surface area contributed by atoms with Crippen LogP contribution in [-0.2, 0) is 16.0 Å². The monoisotopic (exact) mass is 456 g/mol. The average molecular weight is 457 g/mol. The number of amides is 2. The Morgan fingerprint density at radius 3 is 2.06 bits per heavy atom. The van der Waals surface area contributed by atoms with Gasteiger partial charge in [0.1, 0.15) is 23.2 Å². The van der Waals surface area contributed by atoms with Crippen LogP contribution in [0, 0.1) is 0 Å². The molecule has 0 bridgehead atoms. The number of methoxy groups -OCH3 is 1. The third-order valence-electron chi connectivity index (χ3n) is 4.18. The van der Waals surface area contributed by atoms with Crippen LogP contribution in [0.25, 0.3) is 0 Å². The molecule has 2 rings (SSSR count). The van der Waals surface area contributed by atoms with E-state index >= 15 is 0 Å². The fourth-order valence-electron chi connectivity index (χ4n) is 2.85. The molecule has 2 aromatic rings. The van der Waals surface area contributed by atoms with Crippen LogP contribution in [0.2, 0.25) is 0 Å². The Bertz CT molecular complexity index is 987. The van der Waals surface area contributed by atoms with Crippen molar-refractivity contribution >= 4 is 29.8 Å². The summed E-state index contributed by atoms with van der Waals surface area (Å²) in [6.07, 6.45) is -0.401. The fraction of sp³-hybridized carbons (Fsp3) is 0.400. The first kappa shape index (κ1) is 25.7. The maximum absolute atomic E-state index is 13.0. The molecular formula is C25H32N2O6. The topological polar surface area (TPSA) is 94.2 Å². The van der Waals surface area contributed by atoms with Gasteiger partial charge in [-0.2, -0.15) is 0 Å². The molecule has 8 heteroatoms. The standard InChI is InChI=1S/C25H32N2O6/c1-24(2,3)32-22(29)26-19-11-8-17(9-12-19)15-27(23(30)33-25(4,5)6)20-13-10-18(16-28)14-21(20)31-7/h8-14,16H,15H2,1-7H3,(H,26,29). The van der Waals surface area contributed by atoms with Gasteiger partial charge in [-0.1, -0.05) is 12.1 Å². The van der Waals surface area contributed by atoms with Crippen molar-refractivity contribution in [3.05, 3.63) is 53.6 Å². The summed E-state index contributed by atoms with van der Waals surface area (Å²) in [5.74, 6) is 0.369. The molecule has 178 valence electrons. The summed E-state index contributed by atoms with van der Waals surface area (Å²) in [6.45, 7) is 10.9. The molecule has 0 aromatic heterocycles. The normalized spacial score (nSPS) is 11.4. The third-order valence-corrected chi connectivity index (χ3v) is 4.18. The maximum atomic E-state index is 13.0. The minimum atomic E-state index is -0.702. The Kier molecular flexibility index (Phi) is 8.08. The predicted octanol–water partition coefficient (Wildman–Crippen LogP) is 5.80. The molecule has 2 amide bonds. The number of carbonyl (C=O) groups excluding carboxylic acids is 3. The number of rotatable bonds is 6. The van der Waals surface area contributed by atoms with E-state index in [2.05, 4.69) is 5.32 Å². The summed E-state index contributed by atoms with van der Waals surface area (Å²) >= 11 is 0. The molecule has 0 aliphatic heterocycles. The Morgan fingerprint density at radius 1 is 0.939 bits per heavy atom. The Labute approximate surface area is 194 Å². The van der Waals surface area contributed by atoms with Gasteiger partial charge in [0.25, 0.3) is 0 Å². The van der Waals surface area contributed by atoms with Crippen molar-refractivity contribution < 1.29 is 28.6 Å². The van der Waals surface area contributed by atoms with Gasteiger partial charge >= 0.3 is 12.2 Å². The first-order valence-corrected chi connectivity index (χ1v) is 10.5. The molecule has 33 heavy (non-hydrogen) atoms. The van der Waals surface area contributed by atoms with E-state index in [-0.39, 0.29) is 6.54 Å². The van der Waals surface area contributed by atoms with Crippen molar-refractivity contribution in [1.82, 2.24) is 0 Å². The SMILES string of the molecule is COc1cc(C=O)ccc1N(Cc1ccc(NC(=O)OC(C)(C)C)cc1)C(=O)OC(C)(C)C. The average Bonchev–Trinajstić information content (AvgIpc) is 2.70. The number of hydrogen-bond donors (Lipinski definition) is 1. The Balaban J connectivity index is 2.29. The van der Waals surface area contributed by atoms with E-state index in [4.69, 9.17) is 14.2 Å². The molecule has 0 unspecified atom stereocenters. The number of nitrogens with one attached hydrogen (secondary N) is 1. The molecular weight excluding hydrogens is 424 g/mol. The highest BCUT2D eigenvalue weighted by atomic mass is 16.6. The Hall–Kier alpha value is -3.55. The van der Waals surface area contributed by atoms with Crippen molar-refractivity contribution in [3.8, 4) is 5.75 Å². The van der Waals surface area contributed by atoms with E-state index in [0.29, 0.717) is 29.0 Å². The second-order valence-corrected chi connectivity index (χ2v) is 9.44. The number of hydrogen-bond acceptors (Lipinski definition) is 6. The molecule has 8 nitrogen and oxygen atoms in total. The number of carbonyl (C=O) groups is 3. The van der Waals surface area contributed by atoms with Crippen LogP contribution >= 0.6 is 0 Å². The van der Waals surface area contributed by atoms with Crippen LogP contribution in [0.15, 0.2) is 42.5 Å². The van der Waals surface area contributed by atoms with Crippen LogP contribution in [0.1, 0.15) is 57.5 Å². The van der Waals surface area contributed by atoms with E-state index in [1.54, 1.807) is 84.0 Å². The molecule has 0 fully saturated rings. The van der Waals surface area contributed by atoms with Crippen molar-refractivity contribution in [2.45, 2.75) is 59.3 Å². The molecule has 0 saturated carbocycles. The fourth-order valence-corrected chi connectivity index (χ4v) is 2.85. The van der Waals surface area contributed by atoms with Gasteiger partial charge in [-0.3, -0.25) is 15.0 Å². The zero-order chi connectivity index (χ0) is 24.8. The van der Waals surface area contributed by atoms with Gasteiger partial charge < -0.3 is 14.2 Å². The molecule has 0 aliphatic rings. The van der Waals surface area contributed by atoms with E-state index in [1.165, 1.54) is 12.0 Å². The number of benzene rings is 2. The molecule has 0 radical (unpaired) electrons. The highest BCUT2D eigenvalue weighted by Crippen LogP contribution is 2.32. The molecule has 2 aromatic carbocycles. The van der Waals surface area contributed by atoms with Crippen LogP contribution in [0.5, 0.6) is 5.75 Å². The van der Waals surface area contributed by atoms with Gasteiger partial charge in [-0.15, -0.1) is 0 Å². The summed E-state index contributed by atoms with van der Waals surface area (Å²) in [5, 5.41) is 2.68. The number of nitrogens with zero attached hydrogens (tertiary/aromatic N) is 1.